The fourth-order valence-corrected chi connectivity index (χ4v) is 4.64. The Morgan fingerprint density at radius 1 is 0.900 bits per heavy atom. The first-order valence-corrected chi connectivity index (χ1v) is 10.9. The van der Waals surface area contributed by atoms with Crippen molar-refractivity contribution < 1.29 is 36.3 Å². The molecule has 9 heteroatoms. The maximum Gasteiger partial charge on any atom is 0.297 e. The van der Waals surface area contributed by atoms with E-state index in [2.05, 4.69) is 0 Å². The van der Waals surface area contributed by atoms with Gasteiger partial charge in [0.15, 0.2) is 18.5 Å². The minimum absolute atomic E-state index is 0.0516. The molecule has 0 radical (unpaired) electrons. The Bertz CT molecular complexity index is 958. The lowest BCUT2D eigenvalue weighted by molar-refractivity contribution is -0.221. The van der Waals surface area contributed by atoms with Gasteiger partial charge in [-0.25, -0.2) is 0 Å². The zero-order valence-electron chi connectivity index (χ0n) is 16.9. The molecule has 2 heterocycles. The van der Waals surface area contributed by atoms with Gasteiger partial charge >= 0.3 is 0 Å². The van der Waals surface area contributed by atoms with Gasteiger partial charge in [-0.05, 0) is 43.3 Å². The lowest BCUT2D eigenvalue weighted by Gasteiger charge is -2.39. The molecule has 0 aromatic heterocycles. The first kappa shape index (κ1) is 21.1. The molecule has 2 aliphatic rings. The molecule has 4 rings (SSSR count). The van der Waals surface area contributed by atoms with Crippen LogP contribution < -0.4 is 9.47 Å². The smallest absolute Gasteiger partial charge is 0.297 e. The van der Waals surface area contributed by atoms with Crippen LogP contribution in [-0.2, 0) is 28.5 Å². The van der Waals surface area contributed by atoms with E-state index < -0.39 is 40.8 Å². The normalized spacial score (nSPS) is 28.3. The van der Waals surface area contributed by atoms with Crippen molar-refractivity contribution in [1.29, 1.82) is 0 Å². The molecule has 30 heavy (non-hydrogen) atoms. The van der Waals surface area contributed by atoms with E-state index in [9.17, 15) is 8.42 Å². The van der Waals surface area contributed by atoms with Crippen molar-refractivity contribution in [3.8, 4) is 11.5 Å². The maximum absolute atomic E-state index is 12.8. The summed E-state index contributed by atoms with van der Waals surface area (Å²) in [5.41, 5.74) is 0.944. The second-order valence-corrected chi connectivity index (χ2v) is 8.73. The molecule has 2 aliphatic heterocycles. The molecule has 0 aliphatic carbocycles. The third-order valence-corrected chi connectivity index (χ3v) is 6.49. The van der Waals surface area contributed by atoms with Crippen LogP contribution in [0.2, 0.25) is 0 Å². The Hall–Kier alpha value is -2.17. The van der Waals surface area contributed by atoms with Crippen molar-refractivity contribution in [3.63, 3.8) is 0 Å². The van der Waals surface area contributed by atoms with Gasteiger partial charge in [0.25, 0.3) is 10.1 Å². The van der Waals surface area contributed by atoms with Gasteiger partial charge in [0.1, 0.15) is 23.7 Å². The third kappa shape index (κ3) is 4.17. The Morgan fingerprint density at radius 3 is 2.20 bits per heavy atom. The summed E-state index contributed by atoms with van der Waals surface area (Å²) in [6.07, 6.45) is -3.65. The molecular formula is C21H24O8S. The topological polar surface area (TPSA) is 89.5 Å². The molecule has 0 saturated carbocycles. The van der Waals surface area contributed by atoms with Gasteiger partial charge in [-0.2, -0.15) is 8.42 Å². The number of hydrogen-bond acceptors (Lipinski definition) is 8. The van der Waals surface area contributed by atoms with Crippen LogP contribution in [0, 0.1) is 6.92 Å². The van der Waals surface area contributed by atoms with Gasteiger partial charge in [-0.3, -0.25) is 4.18 Å². The van der Waals surface area contributed by atoms with Crippen LogP contribution in [-0.4, -0.2) is 60.0 Å². The summed E-state index contributed by atoms with van der Waals surface area (Å²) in [6.45, 7) is 2.12. The number of aryl methyl sites for hydroxylation is 1. The first-order valence-electron chi connectivity index (χ1n) is 9.52. The summed E-state index contributed by atoms with van der Waals surface area (Å²) < 4.78 is 59.6. The molecule has 5 atom stereocenters. The quantitative estimate of drug-likeness (QED) is 0.611. The van der Waals surface area contributed by atoms with E-state index in [0.717, 1.165) is 5.56 Å². The lowest BCUT2D eigenvalue weighted by atomic mass is 10.0. The van der Waals surface area contributed by atoms with E-state index in [0.29, 0.717) is 11.5 Å². The summed E-state index contributed by atoms with van der Waals surface area (Å²) in [7, 11) is -0.999. The Morgan fingerprint density at radius 2 is 1.57 bits per heavy atom. The number of hydrogen-bond donors (Lipinski definition) is 0. The van der Waals surface area contributed by atoms with E-state index in [1.165, 1.54) is 19.2 Å². The molecule has 2 fully saturated rings. The van der Waals surface area contributed by atoms with E-state index in [-0.39, 0.29) is 11.5 Å². The monoisotopic (exact) mass is 436 g/mol. The van der Waals surface area contributed by atoms with Crippen molar-refractivity contribution >= 4 is 10.1 Å². The molecule has 0 N–H and O–H groups in total. The molecule has 162 valence electrons. The van der Waals surface area contributed by atoms with Gasteiger partial charge in [0, 0.05) is 7.11 Å². The molecule has 0 amide bonds. The number of ether oxygens (including phenoxy) is 5. The highest BCUT2D eigenvalue weighted by Crippen LogP contribution is 2.36. The summed E-state index contributed by atoms with van der Waals surface area (Å²) in [6, 6.07) is 13.5. The SMILES string of the molecule is COc1ccc(O[C@H]2[C@H](OC)[C@@H](OS(=O)(=O)c3ccc(C)cc3)[C@@H]3OC[C@H]2O3)cc1. The molecule has 2 aromatic carbocycles. The average molecular weight is 436 g/mol. The Labute approximate surface area is 175 Å². The van der Waals surface area contributed by atoms with E-state index in [1.807, 2.05) is 6.92 Å². The number of benzene rings is 2. The van der Waals surface area contributed by atoms with Crippen molar-refractivity contribution in [1.82, 2.24) is 0 Å². The summed E-state index contributed by atoms with van der Waals surface area (Å²) in [5.74, 6) is 1.26. The van der Waals surface area contributed by atoms with Crippen LogP contribution in [0.25, 0.3) is 0 Å². The van der Waals surface area contributed by atoms with Crippen LogP contribution in [0.1, 0.15) is 5.56 Å². The second-order valence-electron chi connectivity index (χ2n) is 7.16. The van der Waals surface area contributed by atoms with Crippen molar-refractivity contribution in [2.75, 3.05) is 20.8 Å². The van der Waals surface area contributed by atoms with Gasteiger partial charge in [-0.1, -0.05) is 17.7 Å². The van der Waals surface area contributed by atoms with Crippen LogP contribution in [0.4, 0.5) is 0 Å². The zero-order valence-corrected chi connectivity index (χ0v) is 17.7. The molecule has 2 saturated heterocycles. The fraction of sp³-hybridized carbons (Fsp3) is 0.429. The highest BCUT2D eigenvalue weighted by molar-refractivity contribution is 7.86. The van der Waals surface area contributed by atoms with Gasteiger partial charge < -0.3 is 23.7 Å². The van der Waals surface area contributed by atoms with Crippen molar-refractivity contribution in [2.24, 2.45) is 0 Å². The van der Waals surface area contributed by atoms with E-state index >= 15 is 0 Å². The highest BCUT2D eigenvalue weighted by Gasteiger charge is 2.54. The van der Waals surface area contributed by atoms with Gasteiger partial charge in [-0.15, -0.1) is 0 Å². The second kappa shape index (κ2) is 8.52. The summed E-state index contributed by atoms with van der Waals surface area (Å²) in [5, 5.41) is 0. The van der Waals surface area contributed by atoms with Crippen LogP contribution in [0.3, 0.4) is 0 Å². The van der Waals surface area contributed by atoms with E-state index in [1.54, 1.807) is 43.5 Å². The maximum atomic E-state index is 12.8. The first-order chi connectivity index (χ1) is 14.4. The zero-order chi connectivity index (χ0) is 21.3. The third-order valence-electron chi connectivity index (χ3n) is 5.17. The molecule has 2 aromatic rings. The van der Waals surface area contributed by atoms with Crippen LogP contribution in [0.5, 0.6) is 11.5 Å². The lowest BCUT2D eigenvalue weighted by Crippen LogP contribution is -2.58. The van der Waals surface area contributed by atoms with Gasteiger partial charge in [0.2, 0.25) is 0 Å². The summed E-state index contributed by atoms with van der Waals surface area (Å²) in [4.78, 5) is 0.0516. The Balaban J connectivity index is 1.57. The summed E-state index contributed by atoms with van der Waals surface area (Å²) >= 11 is 0. The minimum atomic E-state index is -4.06. The predicted octanol–water partition coefficient (Wildman–Crippen LogP) is 2.30. The largest absolute Gasteiger partial charge is 0.497 e. The molecule has 8 nitrogen and oxygen atoms in total. The molecular weight excluding hydrogens is 412 g/mol. The van der Waals surface area contributed by atoms with E-state index in [4.69, 9.17) is 27.9 Å². The average Bonchev–Trinajstić information content (AvgIpc) is 3.18. The number of methoxy groups -OCH3 is 2. The number of rotatable bonds is 7. The Kier molecular flexibility index (Phi) is 5.99. The predicted molar refractivity (Wildman–Crippen MR) is 106 cm³/mol. The molecule has 0 spiro atoms. The van der Waals surface area contributed by atoms with Gasteiger partial charge in [0.05, 0.1) is 18.6 Å². The van der Waals surface area contributed by atoms with Crippen molar-refractivity contribution in [3.05, 3.63) is 54.1 Å². The van der Waals surface area contributed by atoms with Crippen LogP contribution in [0.15, 0.2) is 53.4 Å². The minimum Gasteiger partial charge on any atom is -0.497 e. The standard InChI is InChI=1S/C21H24O8S/c1-13-4-10-16(11-5-13)30(22,23)29-20-19(25-3)18(17-12-26-21(20)28-17)27-15-8-6-14(24-2)7-9-15/h4-11,17-21H,12H2,1-3H3/t17-,18-,19+,20-,21-/m1/s1. The number of fused-ring (bicyclic) bond motifs is 2. The van der Waals surface area contributed by atoms with Crippen LogP contribution >= 0.6 is 0 Å². The fourth-order valence-electron chi connectivity index (χ4n) is 3.57. The highest BCUT2D eigenvalue weighted by atomic mass is 32.2. The molecule has 0 unspecified atom stereocenters. The molecule has 2 bridgehead atoms. The van der Waals surface area contributed by atoms with Crippen molar-refractivity contribution in [2.45, 2.75) is 42.5 Å².